The third-order valence-electron chi connectivity index (χ3n) is 1.52. The second-order valence-corrected chi connectivity index (χ2v) is 6.23. The van der Waals surface area contributed by atoms with E-state index in [2.05, 4.69) is 0 Å². The third kappa shape index (κ3) is 4.03. The van der Waals surface area contributed by atoms with E-state index in [0.29, 0.717) is 9.13 Å². The van der Waals surface area contributed by atoms with Crippen LogP contribution in [-0.4, -0.2) is 11.9 Å². The van der Waals surface area contributed by atoms with Crippen LogP contribution >= 0.6 is 20.6 Å². The third-order valence-corrected chi connectivity index (χ3v) is 5.45. The molecule has 5 nitrogen and oxygen atoms in total. The maximum absolute atomic E-state index is 11.0. The van der Waals surface area contributed by atoms with Crippen molar-refractivity contribution in [3.05, 3.63) is 33.4 Å². The monoisotopic (exact) mass is 347 g/mol. The van der Waals surface area contributed by atoms with Gasteiger partial charge < -0.3 is 0 Å². The summed E-state index contributed by atoms with van der Waals surface area (Å²) < 4.78 is 10.5. The van der Waals surface area contributed by atoms with Gasteiger partial charge in [-0.2, -0.15) is 0 Å². The first-order valence-electron chi connectivity index (χ1n) is 4.62. The van der Waals surface area contributed by atoms with Crippen LogP contribution in [0.2, 0.25) is 0 Å². The van der Waals surface area contributed by atoms with Crippen LogP contribution < -0.4 is 0 Å². The molecule has 0 aromatic heterocycles. The first-order valence-corrected chi connectivity index (χ1v) is 7.46. The molecule has 0 saturated heterocycles. The van der Waals surface area contributed by atoms with Gasteiger partial charge in [0.25, 0.3) is 0 Å². The van der Waals surface area contributed by atoms with Crippen molar-refractivity contribution in [1.29, 1.82) is 5.26 Å². The van der Waals surface area contributed by atoms with Gasteiger partial charge in [0.2, 0.25) is 0 Å². The fourth-order valence-corrected chi connectivity index (χ4v) is 3.95. The van der Waals surface area contributed by atoms with Gasteiger partial charge in [-0.1, -0.05) is 0 Å². The van der Waals surface area contributed by atoms with Crippen LogP contribution in [0, 0.1) is 14.9 Å². The number of carbonyl (C=O) groups excluding carboxylic acids is 2. The maximum atomic E-state index is 11.0. The van der Waals surface area contributed by atoms with E-state index in [1.807, 2.05) is 6.07 Å². The first kappa shape index (κ1) is 13.4. The Labute approximate surface area is 107 Å². The summed E-state index contributed by atoms with van der Waals surface area (Å²) in [5.74, 6) is -1.05. The predicted molar refractivity (Wildman–Crippen MR) is 67.4 cm³/mol. The van der Waals surface area contributed by atoms with Gasteiger partial charge in [-0.25, -0.2) is 0 Å². The molecule has 0 aliphatic heterocycles. The van der Waals surface area contributed by atoms with Crippen molar-refractivity contribution >= 4 is 32.6 Å². The fraction of sp³-hybridized carbons (Fsp3) is 0.182. The number of halogens is 1. The van der Waals surface area contributed by atoms with E-state index in [1.165, 1.54) is 13.8 Å². The minimum absolute atomic E-state index is 0.361. The zero-order valence-corrected chi connectivity index (χ0v) is 11.4. The van der Waals surface area contributed by atoms with Crippen molar-refractivity contribution in [2.24, 2.45) is 0 Å². The molecule has 1 aromatic rings. The fourth-order valence-electron chi connectivity index (χ4n) is 0.983. The molecule has 90 valence electrons. The molecule has 0 heterocycles. The van der Waals surface area contributed by atoms with Crippen molar-refractivity contribution in [1.82, 2.24) is 0 Å². The van der Waals surface area contributed by atoms with Crippen LogP contribution in [0.5, 0.6) is 0 Å². The molecular weight excluding hydrogens is 337 g/mol. The Hall–Kier alpha value is -1.62. The van der Waals surface area contributed by atoms with E-state index in [0.717, 1.165) is 0 Å². The van der Waals surface area contributed by atoms with E-state index in [-0.39, 0.29) is 0 Å². The standard InChI is InChI=1S/C11H10INO4/c1-8(14)16-12(17-9(2)15)11-6-4-3-5-10(11)7-13/h3-6H,1-2H3. The summed E-state index contributed by atoms with van der Waals surface area (Å²) in [5, 5.41) is 8.93. The molecule has 0 radical (unpaired) electrons. The topological polar surface area (TPSA) is 76.4 Å². The van der Waals surface area contributed by atoms with Crippen LogP contribution in [0.25, 0.3) is 0 Å². The number of nitriles is 1. The molecule has 0 atom stereocenters. The molecule has 0 saturated carbocycles. The van der Waals surface area contributed by atoms with Crippen LogP contribution in [0.3, 0.4) is 0 Å². The second kappa shape index (κ2) is 6.20. The van der Waals surface area contributed by atoms with Gasteiger partial charge >= 0.3 is 107 Å². The van der Waals surface area contributed by atoms with E-state index in [4.69, 9.17) is 11.4 Å². The zero-order valence-electron chi connectivity index (χ0n) is 9.27. The van der Waals surface area contributed by atoms with E-state index < -0.39 is 32.6 Å². The summed E-state index contributed by atoms with van der Waals surface area (Å²) >= 11 is -2.88. The normalized spacial score (nSPS) is 10.1. The van der Waals surface area contributed by atoms with Crippen molar-refractivity contribution in [2.75, 3.05) is 0 Å². The molecule has 0 fully saturated rings. The van der Waals surface area contributed by atoms with Crippen molar-refractivity contribution < 1.29 is 15.7 Å². The molecule has 0 unspecified atom stereocenters. The SMILES string of the molecule is CC(=O)OI(OC(C)=O)c1ccccc1C#N. The number of benzene rings is 1. The number of rotatable bonds is 3. The van der Waals surface area contributed by atoms with Gasteiger partial charge in [0.15, 0.2) is 0 Å². The van der Waals surface area contributed by atoms with Gasteiger partial charge in [0.05, 0.1) is 0 Å². The number of carbonyl (C=O) groups is 2. The average molecular weight is 347 g/mol. The van der Waals surface area contributed by atoms with Crippen molar-refractivity contribution in [3.8, 4) is 6.07 Å². The van der Waals surface area contributed by atoms with E-state index in [9.17, 15) is 9.59 Å². The van der Waals surface area contributed by atoms with Gasteiger partial charge in [0.1, 0.15) is 0 Å². The summed E-state index contributed by atoms with van der Waals surface area (Å²) in [6.45, 7) is 2.48. The Bertz CT molecular complexity index is 465. The Morgan fingerprint density at radius 3 is 2.18 bits per heavy atom. The first-order chi connectivity index (χ1) is 8.04. The van der Waals surface area contributed by atoms with E-state index >= 15 is 0 Å². The molecule has 1 aromatic carbocycles. The van der Waals surface area contributed by atoms with Crippen molar-refractivity contribution in [3.63, 3.8) is 0 Å². The van der Waals surface area contributed by atoms with Crippen LogP contribution in [0.1, 0.15) is 19.4 Å². The number of nitrogens with zero attached hydrogens (tertiary/aromatic N) is 1. The molecule has 0 spiro atoms. The van der Waals surface area contributed by atoms with Crippen LogP contribution in [0.4, 0.5) is 0 Å². The van der Waals surface area contributed by atoms with Gasteiger partial charge in [0, 0.05) is 0 Å². The van der Waals surface area contributed by atoms with E-state index in [1.54, 1.807) is 24.3 Å². The van der Waals surface area contributed by atoms with Gasteiger partial charge in [-0.15, -0.1) is 0 Å². The van der Waals surface area contributed by atoms with Gasteiger partial charge in [-0.05, 0) is 0 Å². The van der Waals surface area contributed by atoms with Crippen molar-refractivity contribution in [2.45, 2.75) is 13.8 Å². The summed E-state index contributed by atoms with van der Waals surface area (Å²) in [7, 11) is 0. The average Bonchev–Trinajstić information content (AvgIpc) is 2.27. The van der Waals surface area contributed by atoms with Crippen LogP contribution in [-0.2, 0) is 15.7 Å². The predicted octanol–water partition coefficient (Wildman–Crippen LogP) is 2.19. The van der Waals surface area contributed by atoms with Crippen LogP contribution in [0.15, 0.2) is 24.3 Å². The molecule has 0 bridgehead atoms. The summed E-state index contributed by atoms with van der Waals surface area (Å²) in [5.41, 5.74) is 0.361. The molecule has 17 heavy (non-hydrogen) atoms. The molecule has 0 N–H and O–H groups in total. The molecular formula is C11H10INO4. The zero-order chi connectivity index (χ0) is 12.8. The molecule has 6 heteroatoms. The number of hydrogen-bond donors (Lipinski definition) is 0. The summed E-state index contributed by atoms with van der Waals surface area (Å²) in [6, 6.07) is 8.60. The molecule has 0 aliphatic rings. The Kier molecular flexibility index (Phi) is 4.90. The number of hydrogen-bond acceptors (Lipinski definition) is 5. The van der Waals surface area contributed by atoms with Gasteiger partial charge in [-0.3, -0.25) is 0 Å². The Morgan fingerprint density at radius 1 is 1.18 bits per heavy atom. The Balaban J connectivity index is 3.07. The Morgan fingerprint density at radius 2 is 1.71 bits per heavy atom. The molecule has 0 amide bonds. The summed E-state index contributed by atoms with van der Waals surface area (Å²) in [6.07, 6.45) is 0. The quantitative estimate of drug-likeness (QED) is 0.784. The summed E-state index contributed by atoms with van der Waals surface area (Å²) in [4.78, 5) is 21.9. The molecule has 1 rings (SSSR count). The minimum atomic E-state index is -2.88. The second-order valence-electron chi connectivity index (χ2n) is 2.95. The molecule has 0 aliphatic carbocycles.